The lowest BCUT2D eigenvalue weighted by Gasteiger charge is -2.08. The number of H-pyrrole nitrogens is 1. The molecular weight excluding hydrogens is 324 g/mol. The number of nitrogens with one attached hydrogen (secondary N) is 2. The molecule has 2 N–H and O–H groups in total. The number of para-hydroxylation sites is 3. The number of ether oxygens (including phenoxy) is 1. The van der Waals surface area contributed by atoms with E-state index in [1.54, 1.807) is 6.21 Å². The average molecular weight is 342 g/mol. The van der Waals surface area contributed by atoms with Gasteiger partial charge in [-0.25, -0.2) is 10.4 Å². The van der Waals surface area contributed by atoms with Crippen molar-refractivity contribution in [3.63, 3.8) is 0 Å². The van der Waals surface area contributed by atoms with Crippen LogP contribution in [0.3, 0.4) is 0 Å². The minimum absolute atomic E-state index is 0.517. The van der Waals surface area contributed by atoms with E-state index in [0.717, 1.165) is 27.9 Å². The minimum atomic E-state index is 0.517. The average Bonchev–Trinajstić information content (AvgIpc) is 3.11. The molecule has 0 aliphatic heterocycles. The number of rotatable bonds is 6. The molecule has 0 amide bonds. The van der Waals surface area contributed by atoms with Gasteiger partial charge in [-0.15, -0.1) is 0 Å². The number of anilines is 1. The fourth-order valence-corrected chi connectivity index (χ4v) is 2.62. The molecule has 0 spiro atoms. The Kier molecular flexibility index (Phi) is 4.60. The normalized spacial score (nSPS) is 11.1. The first kappa shape index (κ1) is 15.9. The molecule has 4 aromatic rings. The van der Waals surface area contributed by atoms with Crippen LogP contribution in [-0.4, -0.2) is 16.2 Å². The number of aromatic nitrogens is 2. The number of fused-ring (bicyclic) bond motifs is 1. The molecule has 128 valence electrons. The Morgan fingerprint density at radius 3 is 2.58 bits per heavy atom. The predicted molar refractivity (Wildman–Crippen MR) is 105 cm³/mol. The Bertz CT molecular complexity index is 991. The van der Waals surface area contributed by atoms with Crippen LogP contribution in [0, 0.1) is 0 Å². The molecule has 1 heterocycles. The minimum Gasteiger partial charge on any atom is -0.488 e. The number of benzene rings is 3. The van der Waals surface area contributed by atoms with Crippen molar-refractivity contribution in [2.45, 2.75) is 6.61 Å². The lowest BCUT2D eigenvalue weighted by Crippen LogP contribution is -1.99. The number of imidazole rings is 1. The Morgan fingerprint density at radius 2 is 1.69 bits per heavy atom. The van der Waals surface area contributed by atoms with Crippen molar-refractivity contribution < 1.29 is 4.74 Å². The fraction of sp³-hybridized carbons (Fsp3) is 0.0476. The van der Waals surface area contributed by atoms with Gasteiger partial charge in [-0.05, 0) is 29.8 Å². The van der Waals surface area contributed by atoms with Crippen molar-refractivity contribution in [3.05, 3.63) is 90.0 Å². The summed E-state index contributed by atoms with van der Waals surface area (Å²) in [6.45, 7) is 0.517. The van der Waals surface area contributed by atoms with Gasteiger partial charge in [-0.2, -0.15) is 5.10 Å². The highest BCUT2D eigenvalue weighted by Crippen LogP contribution is 2.18. The number of hydrazone groups is 1. The maximum atomic E-state index is 5.93. The summed E-state index contributed by atoms with van der Waals surface area (Å²) in [5, 5.41) is 4.27. The smallest absolute Gasteiger partial charge is 0.222 e. The van der Waals surface area contributed by atoms with E-state index in [0.29, 0.717) is 12.6 Å². The first-order valence-corrected chi connectivity index (χ1v) is 8.38. The second-order valence-corrected chi connectivity index (χ2v) is 5.78. The van der Waals surface area contributed by atoms with Crippen LogP contribution in [0.4, 0.5) is 5.95 Å². The number of aromatic amines is 1. The summed E-state index contributed by atoms with van der Waals surface area (Å²) in [7, 11) is 0. The predicted octanol–water partition coefficient (Wildman–Crippen LogP) is 4.59. The zero-order valence-corrected chi connectivity index (χ0v) is 14.1. The quantitative estimate of drug-likeness (QED) is 0.398. The summed E-state index contributed by atoms with van der Waals surface area (Å²) in [5.74, 6) is 1.39. The van der Waals surface area contributed by atoms with E-state index in [1.807, 2.05) is 78.9 Å². The third-order valence-corrected chi connectivity index (χ3v) is 3.92. The molecule has 3 aromatic carbocycles. The highest BCUT2D eigenvalue weighted by Gasteiger charge is 2.02. The summed E-state index contributed by atoms with van der Waals surface area (Å²) in [6.07, 6.45) is 1.73. The highest BCUT2D eigenvalue weighted by molar-refractivity contribution is 5.84. The highest BCUT2D eigenvalue weighted by atomic mass is 16.5. The molecule has 0 saturated heterocycles. The summed E-state index contributed by atoms with van der Waals surface area (Å²) < 4.78 is 5.93. The molecule has 5 heteroatoms. The third kappa shape index (κ3) is 3.72. The molecule has 1 aromatic heterocycles. The van der Waals surface area contributed by atoms with Crippen LogP contribution in [0.1, 0.15) is 11.1 Å². The van der Waals surface area contributed by atoms with Gasteiger partial charge in [0, 0.05) is 5.56 Å². The second kappa shape index (κ2) is 7.53. The van der Waals surface area contributed by atoms with Crippen LogP contribution >= 0.6 is 0 Å². The molecule has 0 bridgehead atoms. The van der Waals surface area contributed by atoms with Gasteiger partial charge in [0.25, 0.3) is 0 Å². The summed E-state index contributed by atoms with van der Waals surface area (Å²) in [5.41, 5.74) is 6.82. The summed E-state index contributed by atoms with van der Waals surface area (Å²) in [6, 6.07) is 25.7. The van der Waals surface area contributed by atoms with Crippen molar-refractivity contribution in [3.8, 4) is 5.75 Å². The van der Waals surface area contributed by atoms with Gasteiger partial charge in [0.1, 0.15) is 12.4 Å². The second-order valence-electron chi connectivity index (χ2n) is 5.78. The molecule has 5 nitrogen and oxygen atoms in total. The van der Waals surface area contributed by atoms with E-state index in [4.69, 9.17) is 4.74 Å². The molecule has 0 unspecified atom stereocenters. The number of hydrogen-bond donors (Lipinski definition) is 2. The van der Waals surface area contributed by atoms with Crippen LogP contribution in [-0.2, 0) is 6.61 Å². The topological polar surface area (TPSA) is 62.3 Å². The first-order valence-electron chi connectivity index (χ1n) is 8.38. The van der Waals surface area contributed by atoms with E-state index < -0.39 is 0 Å². The van der Waals surface area contributed by atoms with Crippen molar-refractivity contribution in [1.29, 1.82) is 0 Å². The molecular formula is C21H18N4O. The molecule has 0 aliphatic rings. The standard InChI is InChI=1S/C21H18N4O/c1-2-8-16(9-3-1)15-26-20-13-7-4-10-17(20)14-22-25-21-23-18-11-5-6-12-19(18)24-21/h1-14H,15H2,(H2,23,24,25)/b22-14+. The third-order valence-electron chi connectivity index (χ3n) is 3.92. The van der Waals surface area contributed by atoms with Crippen molar-refractivity contribution >= 4 is 23.2 Å². The zero-order chi connectivity index (χ0) is 17.6. The summed E-state index contributed by atoms with van der Waals surface area (Å²) in [4.78, 5) is 7.61. The van der Waals surface area contributed by atoms with Crippen molar-refractivity contribution in [2.75, 3.05) is 5.43 Å². The van der Waals surface area contributed by atoms with Crippen LogP contribution in [0.2, 0.25) is 0 Å². The Labute approximate surface area is 151 Å². The van der Waals surface area contributed by atoms with E-state index in [-0.39, 0.29) is 0 Å². The fourth-order valence-electron chi connectivity index (χ4n) is 2.62. The van der Waals surface area contributed by atoms with Gasteiger partial charge < -0.3 is 9.72 Å². The maximum absolute atomic E-state index is 5.93. The molecule has 0 fully saturated rings. The van der Waals surface area contributed by atoms with E-state index >= 15 is 0 Å². The molecule has 0 radical (unpaired) electrons. The number of hydrogen-bond acceptors (Lipinski definition) is 4. The SMILES string of the molecule is C(=N\Nc1nc2ccccc2[nH]1)/c1ccccc1OCc1ccccc1. The zero-order valence-electron chi connectivity index (χ0n) is 14.1. The molecule has 26 heavy (non-hydrogen) atoms. The van der Waals surface area contributed by atoms with Crippen LogP contribution < -0.4 is 10.2 Å². The van der Waals surface area contributed by atoms with E-state index in [1.165, 1.54) is 0 Å². The van der Waals surface area contributed by atoms with Crippen molar-refractivity contribution in [1.82, 2.24) is 9.97 Å². The molecule has 4 rings (SSSR count). The van der Waals surface area contributed by atoms with Gasteiger partial charge in [0.2, 0.25) is 5.95 Å². The monoisotopic (exact) mass is 342 g/mol. The molecule has 0 aliphatic carbocycles. The lowest BCUT2D eigenvalue weighted by molar-refractivity contribution is 0.306. The first-order chi connectivity index (χ1) is 12.9. The largest absolute Gasteiger partial charge is 0.488 e. The van der Waals surface area contributed by atoms with Crippen molar-refractivity contribution in [2.24, 2.45) is 5.10 Å². The molecule has 0 saturated carbocycles. The van der Waals surface area contributed by atoms with Gasteiger partial charge in [-0.3, -0.25) is 0 Å². The number of nitrogens with zero attached hydrogens (tertiary/aromatic N) is 2. The van der Waals surface area contributed by atoms with E-state index in [9.17, 15) is 0 Å². The van der Waals surface area contributed by atoms with Gasteiger partial charge >= 0.3 is 0 Å². The van der Waals surface area contributed by atoms with Crippen LogP contribution in [0.5, 0.6) is 5.75 Å². The molecule has 0 atom stereocenters. The maximum Gasteiger partial charge on any atom is 0.222 e. The Hall–Kier alpha value is -3.60. The van der Waals surface area contributed by atoms with Gasteiger partial charge in [0.05, 0.1) is 17.2 Å². The van der Waals surface area contributed by atoms with Gasteiger partial charge in [0.15, 0.2) is 0 Å². The van der Waals surface area contributed by atoms with Crippen LogP contribution in [0.25, 0.3) is 11.0 Å². The summed E-state index contributed by atoms with van der Waals surface area (Å²) >= 11 is 0. The Balaban J connectivity index is 1.44. The van der Waals surface area contributed by atoms with Gasteiger partial charge in [-0.1, -0.05) is 54.6 Å². The Morgan fingerprint density at radius 1 is 0.923 bits per heavy atom. The lowest BCUT2D eigenvalue weighted by atomic mass is 10.2. The van der Waals surface area contributed by atoms with Crippen LogP contribution in [0.15, 0.2) is 84.0 Å². The van der Waals surface area contributed by atoms with E-state index in [2.05, 4.69) is 20.5 Å².